The van der Waals surface area contributed by atoms with Crippen LogP contribution in [0.3, 0.4) is 0 Å². The first kappa shape index (κ1) is 26.2. The zero-order valence-corrected chi connectivity index (χ0v) is 18.9. The monoisotopic (exact) mass is 448 g/mol. The minimum absolute atomic E-state index is 0.0154. The molecule has 9 heteroatoms. The van der Waals surface area contributed by atoms with E-state index in [2.05, 4.69) is 6.92 Å². The van der Waals surface area contributed by atoms with E-state index in [-0.39, 0.29) is 41.5 Å². The molecule has 8 atom stereocenters. The zero-order valence-electron chi connectivity index (χ0n) is 18.9. The lowest BCUT2D eigenvalue weighted by atomic mass is 9.44. The highest BCUT2D eigenvalue weighted by Gasteiger charge is 2.68. The SMILES string of the molecule is C[C@]12CC[C@@H](O)C[C@H]1CC[C@@H]1[C@@H]2C(=O)C[C@@]2(C)[C@H]1CC[C@]2(O)C(=O)CO.N=C=N.N=C=N. The van der Waals surface area contributed by atoms with Crippen molar-refractivity contribution in [2.75, 3.05) is 6.61 Å². The molecule has 9 nitrogen and oxygen atoms in total. The van der Waals surface area contributed by atoms with Gasteiger partial charge in [0.25, 0.3) is 0 Å². The second-order valence-electron chi connectivity index (χ2n) is 10.2. The van der Waals surface area contributed by atoms with Crippen molar-refractivity contribution in [3.8, 4) is 0 Å². The molecule has 4 rings (SSSR count). The van der Waals surface area contributed by atoms with Crippen molar-refractivity contribution in [2.24, 2.45) is 34.5 Å². The zero-order chi connectivity index (χ0) is 24.3. The maximum absolute atomic E-state index is 13.4. The summed E-state index contributed by atoms with van der Waals surface area (Å²) in [5.74, 6) is 0.380. The Labute approximate surface area is 188 Å². The molecule has 0 unspecified atom stereocenters. The van der Waals surface area contributed by atoms with Gasteiger partial charge in [0.15, 0.2) is 5.78 Å². The third-order valence-electron chi connectivity index (χ3n) is 9.08. The highest BCUT2D eigenvalue weighted by atomic mass is 16.3. The van der Waals surface area contributed by atoms with E-state index in [0.29, 0.717) is 12.3 Å². The first-order valence-electron chi connectivity index (χ1n) is 11.2. The number of fused-ring (bicyclic) bond motifs is 5. The van der Waals surface area contributed by atoms with Crippen molar-refractivity contribution in [3.63, 3.8) is 0 Å². The molecule has 0 spiro atoms. The quantitative estimate of drug-likeness (QED) is 0.319. The Morgan fingerprint density at radius 2 is 1.66 bits per heavy atom. The topological polar surface area (TPSA) is 190 Å². The Morgan fingerprint density at radius 1 is 1.06 bits per heavy atom. The van der Waals surface area contributed by atoms with Gasteiger partial charge in [-0.05, 0) is 68.1 Å². The number of ketones is 2. The van der Waals surface area contributed by atoms with Crippen LogP contribution < -0.4 is 0 Å². The van der Waals surface area contributed by atoms with Crippen LogP contribution >= 0.6 is 0 Å². The van der Waals surface area contributed by atoms with E-state index in [9.17, 15) is 24.9 Å². The van der Waals surface area contributed by atoms with Crippen LogP contribution in [-0.4, -0.2) is 57.2 Å². The van der Waals surface area contributed by atoms with Crippen molar-refractivity contribution < 1.29 is 24.9 Å². The van der Waals surface area contributed by atoms with Crippen LogP contribution in [0.2, 0.25) is 0 Å². The fourth-order valence-electron chi connectivity index (χ4n) is 7.64. The average Bonchev–Trinajstić information content (AvgIpc) is 3.00. The summed E-state index contributed by atoms with van der Waals surface area (Å²) < 4.78 is 0. The lowest BCUT2D eigenvalue weighted by Crippen LogP contribution is -2.62. The van der Waals surface area contributed by atoms with E-state index in [0.717, 1.165) is 38.5 Å². The van der Waals surface area contributed by atoms with Gasteiger partial charge in [-0.15, -0.1) is 0 Å². The molecule has 4 aliphatic rings. The molecule has 4 saturated carbocycles. The van der Waals surface area contributed by atoms with E-state index in [4.69, 9.17) is 21.6 Å². The summed E-state index contributed by atoms with van der Waals surface area (Å²) in [6.07, 6.45) is 5.47. The third-order valence-corrected chi connectivity index (χ3v) is 9.08. The van der Waals surface area contributed by atoms with E-state index in [1.807, 2.05) is 6.92 Å². The van der Waals surface area contributed by atoms with Crippen LogP contribution in [0.5, 0.6) is 0 Å². The molecular formula is C23H36N4O5. The van der Waals surface area contributed by atoms with Gasteiger partial charge in [0.2, 0.25) is 0 Å². The molecule has 178 valence electrons. The number of hydrogen-bond donors (Lipinski definition) is 7. The molecule has 7 N–H and O–H groups in total. The summed E-state index contributed by atoms with van der Waals surface area (Å²) in [4.78, 5) is 25.7. The standard InChI is InChI=1S/C21H32O5.2CH2N2/c1-19-7-5-13(23)9-12(19)3-4-14-15-6-8-21(26,17(25)11-22)20(15,2)10-16(24)18(14)19;2*2-1-3/h12-15,18,22-23,26H,3-11H2,1-2H3;2*2-3H/t12-,13-,14+,15+,18-,19+,20+,21+;;/m1../s1. The molecule has 4 aliphatic carbocycles. The first-order valence-corrected chi connectivity index (χ1v) is 11.2. The minimum Gasteiger partial charge on any atom is -0.393 e. The van der Waals surface area contributed by atoms with Crippen LogP contribution in [0.1, 0.15) is 65.2 Å². The van der Waals surface area contributed by atoms with Crippen molar-refractivity contribution in [1.82, 2.24) is 0 Å². The lowest BCUT2D eigenvalue weighted by Gasteiger charge is -2.60. The van der Waals surface area contributed by atoms with Gasteiger partial charge in [-0.2, -0.15) is 0 Å². The largest absolute Gasteiger partial charge is 0.393 e. The first-order chi connectivity index (χ1) is 15.0. The number of hydrogen-bond acceptors (Lipinski definition) is 9. The van der Waals surface area contributed by atoms with Gasteiger partial charge in [0, 0.05) is 17.8 Å². The van der Waals surface area contributed by atoms with Crippen molar-refractivity contribution in [2.45, 2.75) is 76.9 Å². The van der Waals surface area contributed by atoms with Gasteiger partial charge in [-0.3, -0.25) is 9.59 Å². The minimum atomic E-state index is -1.58. The predicted octanol–water partition coefficient (Wildman–Crippen LogP) is 2.50. The molecule has 4 fully saturated rings. The smallest absolute Gasteiger partial charge is 0.190 e. The molecule has 32 heavy (non-hydrogen) atoms. The number of carbonyl (C=O) groups is 2. The molecule has 0 aromatic heterocycles. The van der Waals surface area contributed by atoms with Gasteiger partial charge in [0.1, 0.15) is 18.0 Å². The van der Waals surface area contributed by atoms with Gasteiger partial charge >= 0.3 is 0 Å². The third kappa shape index (κ3) is 4.04. The Balaban J connectivity index is 0.000000547. The van der Waals surface area contributed by atoms with Gasteiger partial charge in [-0.25, -0.2) is 21.6 Å². The maximum atomic E-state index is 13.4. The van der Waals surface area contributed by atoms with Gasteiger partial charge in [0.05, 0.1) is 18.1 Å². The van der Waals surface area contributed by atoms with Gasteiger partial charge in [-0.1, -0.05) is 13.8 Å². The molecule has 0 aromatic rings. The number of nitrogens with one attached hydrogen (secondary N) is 4. The summed E-state index contributed by atoms with van der Waals surface area (Å²) in [5.41, 5.74) is -2.40. The molecule has 0 heterocycles. The van der Waals surface area contributed by atoms with Gasteiger partial charge < -0.3 is 15.3 Å². The van der Waals surface area contributed by atoms with Crippen LogP contribution in [0.15, 0.2) is 0 Å². The Kier molecular flexibility index (Phi) is 8.08. The second kappa shape index (κ2) is 9.86. The second-order valence-corrected chi connectivity index (χ2v) is 10.2. The number of carbonyl (C=O) groups excluding carboxylic acids is 2. The molecule has 0 saturated heterocycles. The number of aliphatic hydroxyl groups is 3. The fourth-order valence-corrected chi connectivity index (χ4v) is 7.64. The summed E-state index contributed by atoms with van der Waals surface area (Å²) in [6, 6.07) is 2.50. The highest BCUT2D eigenvalue weighted by molar-refractivity contribution is 5.92. The molecule has 0 bridgehead atoms. The van der Waals surface area contributed by atoms with Crippen LogP contribution in [0.4, 0.5) is 0 Å². The normalized spacial score (nSPS) is 44.0. The average molecular weight is 449 g/mol. The van der Waals surface area contributed by atoms with E-state index < -0.39 is 23.4 Å². The highest BCUT2D eigenvalue weighted by Crippen LogP contribution is 2.67. The Bertz CT molecular complexity index is 794. The lowest BCUT2D eigenvalue weighted by molar-refractivity contribution is -0.180. The number of aliphatic hydroxyl groups excluding tert-OH is 2. The molecule has 0 aliphatic heterocycles. The summed E-state index contributed by atoms with van der Waals surface area (Å²) in [7, 11) is 0. The fraction of sp³-hybridized carbons (Fsp3) is 0.826. The van der Waals surface area contributed by atoms with Crippen LogP contribution in [0.25, 0.3) is 0 Å². The molecule has 0 radical (unpaired) electrons. The number of Topliss-reactive ketones (excluding diaryl/α,β-unsaturated/α-hetero) is 2. The summed E-state index contributed by atoms with van der Waals surface area (Å²) in [5, 5.41) is 53.1. The van der Waals surface area contributed by atoms with Crippen LogP contribution in [0, 0.1) is 56.1 Å². The Hall–Kier alpha value is -2.02. The Morgan fingerprint density at radius 3 is 2.22 bits per heavy atom. The van der Waals surface area contributed by atoms with E-state index >= 15 is 0 Å². The van der Waals surface area contributed by atoms with Crippen LogP contribution in [-0.2, 0) is 9.59 Å². The summed E-state index contributed by atoms with van der Waals surface area (Å²) in [6.45, 7) is 3.46. The van der Waals surface area contributed by atoms with Crippen molar-refractivity contribution >= 4 is 23.6 Å². The van der Waals surface area contributed by atoms with Crippen molar-refractivity contribution in [1.29, 1.82) is 21.6 Å². The molecule has 0 aromatic carbocycles. The number of rotatable bonds is 2. The predicted molar refractivity (Wildman–Crippen MR) is 116 cm³/mol. The van der Waals surface area contributed by atoms with Crippen molar-refractivity contribution in [3.05, 3.63) is 0 Å². The molecular weight excluding hydrogens is 412 g/mol. The summed E-state index contributed by atoms with van der Waals surface area (Å²) >= 11 is 0. The van der Waals surface area contributed by atoms with E-state index in [1.54, 1.807) is 0 Å². The maximum Gasteiger partial charge on any atom is 0.190 e. The van der Waals surface area contributed by atoms with E-state index in [1.165, 1.54) is 12.0 Å². The molecule has 0 amide bonds.